The fourth-order valence-electron chi connectivity index (χ4n) is 2.37. The molecule has 1 unspecified atom stereocenters. The largest absolute Gasteiger partial charge is 0.484 e. The summed E-state index contributed by atoms with van der Waals surface area (Å²) in [5.41, 5.74) is -0.938. The van der Waals surface area contributed by atoms with Crippen LogP contribution in [0.15, 0.2) is 15.2 Å². The molecular formula is C12H26N6O2S2. The minimum Gasteiger partial charge on any atom is -0.484 e. The summed E-state index contributed by atoms with van der Waals surface area (Å²) in [6, 6.07) is 0. The average molecular weight is 351 g/mol. The van der Waals surface area contributed by atoms with Crippen molar-refractivity contribution in [2.24, 2.45) is 15.2 Å². The maximum Gasteiger partial charge on any atom is 0.333 e. The van der Waals surface area contributed by atoms with Crippen LogP contribution in [0.3, 0.4) is 0 Å². The lowest BCUT2D eigenvalue weighted by atomic mass is 10.0. The van der Waals surface area contributed by atoms with E-state index in [1.54, 1.807) is 3.98 Å². The molecule has 0 radical (unpaired) electrons. The molecule has 0 bridgehead atoms. The lowest BCUT2D eigenvalue weighted by Gasteiger charge is -2.25. The van der Waals surface area contributed by atoms with Crippen LogP contribution in [0, 0.1) is 0 Å². The van der Waals surface area contributed by atoms with E-state index in [0.717, 1.165) is 42.2 Å². The van der Waals surface area contributed by atoms with Gasteiger partial charge in [0.1, 0.15) is 17.9 Å². The predicted octanol–water partition coefficient (Wildman–Crippen LogP) is -2.42. The van der Waals surface area contributed by atoms with Gasteiger partial charge in [0.25, 0.3) is 0 Å². The molecule has 0 saturated heterocycles. The molecule has 22 heavy (non-hydrogen) atoms. The van der Waals surface area contributed by atoms with Crippen molar-refractivity contribution in [2.45, 2.75) is 38.8 Å². The Labute approximate surface area is 142 Å². The van der Waals surface area contributed by atoms with Gasteiger partial charge in [0.05, 0.1) is 6.54 Å². The molecule has 2 rings (SSSR count). The fourth-order valence-corrected chi connectivity index (χ4v) is 3.31. The van der Waals surface area contributed by atoms with Gasteiger partial charge in [0.2, 0.25) is 5.54 Å². The summed E-state index contributed by atoms with van der Waals surface area (Å²) >= 11 is 10.7. The quantitative estimate of drug-likeness (QED) is 0.333. The molecule has 0 aliphatic carbocycles. The Kier molecular flexibility index (Phi) is 7.36. The van der Waals surface area contributed by atoms with Crippen LogP contribution in [0.1, 0.15) is 27.7 Å². The third-order valence-corrected chi connectivity index (χ3v) is 4.20. The van der Waals surface area contributed by atoms with Crippen molar-refractivity contribution in [3.8, 4) is 0 Å². The Hall–Kier alpha value is -0.810. The first kappa shape index (κ1) is 21.2. The monoisotopic (exact) mass is 350 g/mol. The molecular weight excluding hydrogens is 324 g/mol. The summed E-state index contributed by atoms with van der Waals surface area (Å²) in [4.78, 5) is 4.42. The first-order valence-corrected chi connectivity index (χ1v) is 7.59. The van der Waals surface area contributed by atoms with E-state index in [1.807, 2.05) is 27.7 Å². The van der Waals surface area contributed by atoms with Crippen LogP contribution in [0.2, 0.25) is 0 Å². The summed E-state index contributed by atoms with van der Waals surface area (Å²) in [5, 5.41) is 12.3. The summed E-state index contributed by atoms with van der Waals surface area (Å²) in [5.74, 6) is 1.83. The Bertz CT molecular complexity index is 490. The van der Waals surface area contributed by atoms with Crippen LogP contribution >= 0.6 is 0 Å². The van der Waals surface area contributed by atoms with E-state index in [2.05, 4.69) is 20.5 Å². The molecule has 10 heteroatoms. The van der Waals surface area contributed by atoms with Crippen molar-refractivity contribution in [3.63, 3.8) is 0 Å². The van der Waals surface area contributed by atoms with Crippen LogP contribution < -0.4 is 9.62 Å². The molecule has 0 fully saturated rings. The first-order valence-electron chi connectivity index (χ1n) is 6.82. The molecule has 1 atom stereocenters. The standard InChI is InChI=1S/C12H22N6S2.2H2O/c1-11(2,9-13-5-6-14-9)15-16-12(3,4)10-17(19)7-8-18(10)20;;/h17H,5-8H2,1-4H3,(H,13,14);2*1H2. The van der Waals surface area contributed by atoms with Crippen molar-refractivity contribution >= 4 is 37.3 Å². The van der Waals surface area contributed by atoms with Crippen LogP contribution in [0.5, 0.6) is 0 Å². The van der Waals surface area contributed by atoms with E-state index >= 15 is 0 Å². The second kappa shape index (κ2) is 7.64. The zero-order valence-corrected chi connectivity index (χ0v) is 15.1. The molecule has 2 heterocycles. The SMILES string of the molecule is CC(C)(N=NC(C)(C)C1=[N+]([S-])CC[NH+]1[S-])C1=NCCN1.O.O. The molecule has 2 aliphatic rings. The lowest BCUT2D eigenvalue weighted by molar-refractivity contribution is -0.643. The Morgan fingerprint density at radius 3 is 2.23 bits per heavy atom. The third-order valence-electron chi connectivity index (χ3n) is 3.44. The molecule has 0 aromatic heterocycles. The van der Waals surface area contributed by atoms with Gasteiger partial charge >= 0.3 is 5.84 Å². The summed E-state index contributed by atoms with van der Waals surface area (Å²) < 4.78 is 2.68. The van der Waals surface area contributed by atoms with E-state index in [0.29, 0.717) is 0 Å². The fraction of sp³-hybridized carbons (Fsp3) is 0.833. The number of rotatable bonds is 4. The molecule has 0 amide bonds. The van der Waals surface area contributed by atoms with Gasteiger partial charge in [-0.1, -0.05) is 0 Å². The van der Waals surface area contributed by atoms with Crippen molar-refractivity contribution in [2.75, 3.05) is 26.2 Å². The van der Waals surface area contributed by atoms with Crippen molar-refractivity contribution in [1.29, 1.82) is 0 Å². The zero-order valence-electron chi connectivity index (χ0n) is 13.4. The van der Waals surface area contributed by atoms with Crippen LogP contribution in [0.25, 0.3) is 0 Å². The maximum atomic E-state index is 5.40. The molecule has 0 saturated carbocycles. The van der Waals surface area contributed by atoms with Gasteiger partial charge < -0.3 is 46.2 Å². The van der Waals surface area contributed by atoms with Gasteiger partial charge in [-0.2, -0.15) is 10.2 Å². The Morgan fingerprint density at radius 1 is 1.18 bits per heavy atom. The van der Waals surface area contributed by atoms with E-state index in [9.17, 15) is 0 Å². The summed E-state index contributed by atoms with van der Waals surface area (Å²) in [6.07, 6.45) is 0. The van der Waals surface area contributed by atoms with Crippen LogP contribution in [0.4, 0.5) is 0 Å². The van der Waals surface area contributed by atoms with Gasteiger partial charge in [-0.25, -0.2) is 0 Å². The smallest absolute Gasteiger partial charge is 0.333 e. The van der Waals surface area contributed by atoms with Crippen molar-refractivity contribution < 1.29 is 19.2 Å². The number of nitrogens with one attached hydrogen (secondary N) is 2. The van der Waals surface area contributed by atoms with Crippen LogP contribution in [-0.2, 0) is 25.6 Å². The second-order valence-corrected chi connectivity index (χ2v) is 7.03. The minimum absolute atomic E-state index is 0. The highest BCUT2D eigenvalue weighted by Crippen LogP contribution is 2.18. The minimum atomic E-state index is -0.494. The van der Waals surface area contributed by atoms with Gasteiger partial charge in [-0.15, -0.1) is 0 Å². The topological polar surface area (TPSA) is 120 Å². The Morgan fingerprint density at radius 2 is 1.77 bits per heavy atom. The highest BCUT2D eigenvalue weighted by Gasteiger charge is 2.41. The average Bonchev–Trinajstić information content (AvgIpc) is 2.98. The maximum absolute atomic E-state index is 5.40. The van der Waals surface area contributed by atoms with E-state index in [-0.39, 0.29) is 11.0 Å². The zero-order chi connectivity index (χ0) is 15.0. The number of hydrogen-bond donors (Lipinski definition) is 2. The van der Waals surface area contributed by atoms with Crippen LogP contribution in [-0.4, -0.2) is 63.9 Å². The predicted molar refractivity (Wildman–Crippen MR) is 91.2 cm³/mol. The van der Waals surface area contributed by atoms with Gasteiger partial charge in [0.15, 0.2) is 6.54 Å². The Balaban J connectivity index is 0.00000220. The van der Waals surface area contributed by atoms with Gasteiger partial charge in [-0.05, 0) is 27.7 Å². The molecule has 0 spiro atoms. The highest BCUT2D eigenvalue weighted by molar-refractivity contribution is 7.52. The molecule has 6 N–H and O–H groups in total. The number of amidine groups is 2. The molecule has 8 nitrogen and oxygen atoms in total. The molecule has 0 aromatic rings. The number of nitrogens with zero attached hydrogens (tertiary/aromatic N) is 4. The highest BCUT2D eigenvalue weighted by atomic mass is 32.1. The van der Waals surface area contributed by atoms with E-state index in [4.69, 9.17) is 25.6 Å². The number of hydrogen-bond acceptors (Lipinski definition) is 6. The molecule has 0 aromatic carbocycles. The van der Waals surface area contributed by atoms with E-state index in [1.165, 1.54) is 0 Å². The van der Waals surface area contributed by atoms with Gasteiger partial charge in [0, 0.05) is 6.54 Å². The number of azo groups is 1. The van der Waals surface area contributed by atoms with Crippen molar-refractivity contribution in [3.05, 3.63) is 0 Å². The number of aliphatic imine (C=N–C) groups is 1. The van der Waals surface area contributed by atoms with E-state index < -0.39 is 11.1 Å². The summed E-state index contributed by atoms with van der Waals surface area (Å²) in [7, 11) is 0. The first-order chi connectivity index (χ1) is 9.24. The normalized spacial score (nSPS) is 22.2. The number of quaternary nitrogens is 1. The molecule has 128 valence electrons. The summed E-state index contributed by atoms with van der Waals surface area (Å²) in [6.45, 7) is 11.3. The lowest BCUT2D eigenvalue weighted by Crippen LogP contribution is -3.11. The second-order valence-electron chi connectivity index (χ2n) is 6.10. The third kappa shape index (κ3) is 4.35. The van der Waals surface area contributed by atoms with Gasteiger partial charge in [-0.3, -0.25) is 8.97 Å². The van der Waals surface area contributed by atoms with Crippen molar-refractivity contribution in [1.82, 2.24) is 5.32 Å². The molecule has 2 aliphatic heterocycles.